The van der Waals surface area contributed by atoms with Crippen LogP contribution in [0, 0.1) is 0 Å². The molecule has 1 fully saturated rings. The molecule has 1 aliphatic carbocycles. The molecule has 0 aliphatic heterocycles. The van der Waals surface area contributed by atoms with Crippen LogP contribution >= 0.6 is 11.6 Å². The molecule has 0 spiro atoms. The zero-order valence-corrected chi connectivity index (χ0v) is 10.7. The van der Waals surface area contributed by atoms with Gasteiger partial charge in [0.15, 0.2) is 0 Å². The van der Waals surface area contributed by atoms with Gasteiger partial charge in [-0.1, -0.05) is 17.7 Å². The first kappa shape index (κ1) is 12.2. The van der Waals surface area contributed by atoms with Gasteiger partial charge in [-0.05, 0) is 37.5 Å². The highest BCUT2D eigenvalue weighted by molar-refractivity contribution is 6.32. The summed E-state index contributed by atoms with van der Waals surface area (Å²) >= 11 is 6.11. The maximum absolute atomic E-state index is 11.7. The van der Waals surface area contributed by atoms with Crippen LogP contribution in [0.15, 0.2) is 18.2 Å². The van der Waals surface area contributed by atoms with Gasteiger partial charge in [-0.3, -0.25) is 4.79 Å². The molecule has 0 saturated heterocycles. The van der Waals surface area contributed by atoms with Gasteiger partial charge in [-0.25, -0.2) is 0 Å². The molecule has 2 rings (SSSR count). The number of carbonyl (C=O) groups is 1. The number of carbonyl (C=O) groups excluding carboxylic acids is 1. The van der Waals surface area contributed by atoms with Crippen LogP contribution < -0.4 is 4.74 Å². The number of ether oxygens (including phenoxy) is 2. The number of hydrogen-bond acceptors (Lipinski definition) is 3. The van der Waals surface area contributed by atoms with Crippen LogP contribution in [-0.4, -0.2) is 19.7 Å². The largest absolute Gasteiger partial charge is 0.492 e. The Morgan fingerprint density at radius 3 is 2.65 bits per heavy atom. The number of halogens is 1. The Hall–Kier alpha value is -1.22. The Labute approximate surface area is 106 Å². The van der Waals surface area contributed by atoms with E-state index in [0.29, 0.717) is 17.4 Å². The first-order valence-corrected chi connectivity index (χ1v) is 6.03. The van der Waals surface area contributed by atoms with Crippen molar-refractivity contribution in [1.29, 1.82) is 0 Å². The Bertz CT molecular complexity index is 438. The lowest BCUT2D eigenvalue weighted by atomic mass is 9.96. The number of hydrogen-bond donors (Lipinski definition) is 0. The van der Waals surface area contributed by atoms with Crippen LogP contribution in [0.3, 0.4) is 0 Å². The maximum atomic E-state index is 11.7. The van der Waals surface area contributed by atoms with Crippen molar-refractivity contribution in [3.05, 3.63) is 28.8 Å². The van der Waals surface area contributed by atoms with Gasteiger partial charge in [-0.2, -0.15) is 0 Å². The number of benzene rings is 1. The van der Waals surface area contributed by atoms with Crippen LogP contribution in [0.25, 0.3) is 0 Å². The molecule has 17 heavy (non-hydrogen) atoms. The highest BCUT2D eigenvalue weighted by Crippen LogP contribution is 2.50. The predicted molar refractivity (Wildman–Crippen MR) is 65.5 cm³/mol. The first-order valence-electron chi connectivity index (χ1n) is 5.65. The molecule has 3 nitrogen and oxygen atoms in total. The summed E-state index contributed by atoms with van der Waals surface area (Å²) in [5, 5.41) is 0.541. The normalized spacial score (nSPS) is 16.4. The molecular formula is C13H15ClO3. The van der Waals surface area contributed by atoms with Crippen molar-refractivity contribution < 1.29 is 14.3 Å². The van der Waals surface area contributed by atoms with Gasteiger partial charge in [0, 0.05) is 0 Å². The van der Waals surface area contributed by atoms with Gasteiger partial charge in [0.1, 0.15) is 5.75 Å². The summed E-state index contributed by atoms with van der Waals surface area (Å²) in [4.78, 5) is 11.7. The monoisotopic (exact) mass is 254 g/mol. The molecule has 0 unspecified atom stereocenters. The van der Waals surface area contributed by atoms with E-state index in [9.17, 15) is 4.79 Å². The molecule has 0 atom stereocenters. The zero-order chi connectivity index (χ0) is 12.5. The molecule has 0 amide bonds. The quantitative estimate of drug-likeness (QED) is 0.775. The second kappa shape index (κ2) is 4.57. The standard InChI is InChI=1S/C13H15ClO3/c1-3-17-11-5-4-9(8-10(11)14)13(6-7-13)12(15)16-2/h4-5,8H,3,6-7H2,1-2H3. The summed E-state index contributed by atoms with van der Waals surface area (Å²) in [7, 11) is 1.42. The molecule has 1 saturated carbocycles. The Kier molecular flexibility index (Phi) is 3.29. The minimum absolute atomic E-state index is 0.183. The minimum atomic E-state index is -0.469. The molecule has 0 heterocycles. The van der Waals surface area contributed by atoms with Gasteiger partial charge in [0.05, 0.1) is 24.2 Å². The highest BCUT2D eigenvalue weighted by Gasteiger charge is 2.52. The molecule has 4 heteroatoms. The second-order valence-electron chi connectivity index (χ2n) is 4.15. The van der Waals surface area contributed by atoms with Gasteiger partial charge >= 0.3 is 5.97 Å². The highest BCUT2D eigenvalue weighted by atomic mass is 35.5. The van der Waals surface area contributed by atoms with Crippen molar-refractivity contribution in [2.24, 2.45) is 0 Å². The van der Waals surface area contributed by atoms with E-state index in [0.717, 1.165) is 18.4 Å². The Balaban J connectivity index is 2.29. The smallest absolute Gasteiger partial charge is 0.316 e. The number of methoxy groups -OCH3 is 1. The lowest BCUT2D eigenvalue weighted by Gasteiger charge is -2.14. The van der Waals surface area contributed by atoms with E-state index < -0.39 is 5.41 Å². The molecule has 0 radical (unpaired) electrons. The minimum Gasteiger partial charge on any atom is -0.492 e. The third-order valence-electron chi connectivity index (χ3n) is 3.11. The van der Waals surface area contributed by atoms with E-state index in [2.05, 4.69) is 0 Å². The topological polar surface area (TPSA) is 35.5 Å². The fraction of sp³-hybridized carbons (Fsp3) is 0.462. The van der Waals surface area contributed by atoms with E-state index in [1.807, 2.05) is 19.1 Å². The van der Waals surface area contributed by atoms with Crippen molar-refractivity contribution in [1.82, 2.24) is 0 Å². The lowest BCUT2D eigenvalue weighted by molar-refractivity contribution is -0.143. The second-order valence-corrected chi connectivity index (χ2v) is 4.56. The lowest BCUT2D eigenvalue weighted by Crippen LogP contribution is -2.21. The third kappa shape index (κ3) is 2.12. The van der Waals surface area contributed by atoms with Crippen molar-refractivity contribution in [2.45, 2.75) is 25.2 Å². The van der Waals surface area contributed by atoms with Crippen molar-refractivity contribution in [3.63, 3.8) is 0 Å². The Morgan fingerprint density at radius 1 is 1.47 bits per heavy atom. The molecule has 0 N–H and O–H groups in total. The molecule has 1 aliphatic rings. The summed E-state index contributed by atoms with van der Waals surface area (Å²) in [5.41, 5.74) is 0.446. The summed E-state index contributed by atoms with van der Waals surface area (Å²) in [5.74, 6) is 0.469. The zero-order valence-electron chi connectivity index (χ0n) is 9.96. The van der Waals surface area contributed by atoms with Crippen LogP contribution in [0.5, 0.6) is 5.75 Å². The van der Waals surface area contributed by atoms with Crippen molar-refractivity contribution in [2.75, 3.05) is 13.7 Å². The van der Waals surface area contributed by atoms with Crippen LogP contribution in [-0.2, 0) is 14.9 Å². The third-order valence-corrected chi connectivity index (χ3v) is 3.41. The fourth-order valence-electron chi connectivity index (χ4n) is 2.00. The molecule has 0 bridgehead atoms. The van der Waals surface area contributed by atoms with Gasteiger partial charge in [-0.15, -0.1) is 0 Å². The molecule has 0 aromatic heterocycles. The van der Waals surface area contributed by atoms with Crippen LogP contribution in [0.2, 0.25) is 5.02 Å². The van der Waals surface area contributed by atoms with Crippen LogP contribution in [0.1, 0.15) is 25.3 Å². The maximum Gasteiger partial charge on any atom is 0.316 e. The summed E-state index contributed by atoms with van der Waals surface area (Å²) < 4.78 is 10.2. The van der Waals surface area contributed by atoms with Crippen LogP contribution in [0.4, 0.5) is 0 Å². The van der Waals surface area contributed by atoms with Crippen molar-refractivity contribution in [3.8, 4) is 5.75 Å². The summed E-state index contributed by atoms with van der Waals surface area (Å²) in [6.45, 7) is 2.47. The van der Waals surface area contributed by atoms with E-state index >= 15 is 0 Å². The molecular weight excluding hydrogens is 240 g/mol. The fourth-order valence-corrected chi connectivity index (χ4v) is 2.24. The average molecular weight is 255 g/mol. The predicted octanol–water partition coefficient (Wildman–Crippen LogP) is 2.94. The van der Waals surface area contributed by atoms with Crippen molar-refractivity contribution >= 4 is 17.6 Å². The van der Waals surface area contributed by atoms with Gasteiger partial charge < -0.3 is 9.47 Å². The molecule has 92 valence electrons. The first-order chi connectivity index (χ1) is 8.14. The SMILES string of the molecule is CCOc1ccc(C2(C(=O)OC)CC2)cc1Cl. The Morgan fingerprint density at radius 2 is 2.18 bits per heavy atom. The van der Waals surface area contributed by atoms with E-state index in [1.165, 1.54) is 7.11 Å². The van der Waals surface area contributed by atoms with E-state index in [4.69, 9.17) is 21.1 Å². The van der Waals surface area contributed by atoms with Gasteiger partial charge in [0.25, 0.3) is 0 Å². The summed E-state index contributed by atoms with van der Waals surface area (Å²) in [6.07, 6.45) is 1.65. The average Bonchev–Trinajstić information content (AvgIpc) is 3.12. The molecule has 1 aromatic carbocycles. The molecule has 1 aromatic rings. The number of rotatable bonds is 4. The van der Waals surface area contributed by atoms with Gasteiger partial charge in [0.2, 0.25) is 0 Å². The van der Waals surface area contributed by atoms with E-state index in [-0.39, 0.29) is 5.97 Å². The van der Waals surface area contributed by atoms with E-state index in [1.54, 1.807) is 6.07 Å². The number of esters is 1. The summed E-state index contributed by atoms with van der Waals surface area (Å²) in [6, 6.07) is 5.50.